The molecule has 2 aromatic rings. The molecule has 176 valence electrons. The van der Waals surface area contributed by atoms with Crippen molar-refractivity contribution in [3.63, 3.8) is 0 Å². The van der Waals surface area contributed by atoms with Crippen LogP contribution in [0.25, 0.3) is 0 Å². The summed E-state index contributed by atoms with van der Waals surface area (Å²) < 4.78 is 39.0. The van der Waals surface area contributed by atoms with Gasteiger partial charge in [0, 0.05) is 50.7 Å². The summed E-state index contributed by atoms with van der Waals surface area (Å²) in [5.74, 6) is 1.07. The van der Waals surface area contributed by atoms with Crippen molar-refractivity contribution in [1.29, 1.82) is 0 Å². The summed E-state index contributed by atoms with van der Waals surface area (Å²) in [6.45, 7) is 4.33. The third kappa shape index (κ3) is 4.85. The molecule has 0 unspecified atom stereocenters. The van der Waals surface area contributed by atoms with Gasteiger partial charge in [0.15, 0.2) is 0 Å². The van der Waals surface area contributed by atoms with E-state index in [0.29, 0.717) is 18.7 Å². The minimum absolute atomic E-state index is 0.0157. The number of rotatable bonds is 7. The van der Waals surface area contributed by atoms with Crippen LogP contribution in [0.5, 0.6) is 11.5 Å². The Morgan fingerprint density at radius 1 is 1.12 bits per heavy atom. The standard InChI is InChI=1S/C24H29N3O5S/c1-31-22-7-3-19(15-23(22)33(29,30)25-20-4-5-20)24(28)27-11-9-26(10-12-27)16-17-2-6-21-18(14-17)8-13-32-21/h2-3,6-7,14-15,20,25H,4-5,8-13,16H2,1H3. The second-order valence-corrected chi connectivity index (χ2v) is 10.6. The molecule has 0 bridgehead atoms. The van der Waals surface area contributed by atoms with Gasteiger partial charge in [-0.1, -0.05) is 12.1 Å². The van der Waals surface area contributed by atoms with Gasteiger partial charge in [-0.15, -0.1) is 0 Å². The number of nitrogens with zero attached hydrogens (tertiary/aromatic N) is 2. The van der Waals surface area contributed by atoms with Gasteiger partial charge in [-0.2, -0.15) is 0 Å². The van der Waals surface area contributed by atoms with Gasteiger partial charge in [-0.25, -0.2) is 13.1 Å². The SMILES string of the molecule is COc1ccc(C(=O)N2CCN(Cc3ccc4c(c3)CCO4)CC2)cc1S(=O)(=O)NC1CC1. The van der Waals surface area contributed by atoms with Crippen LogP contribution in [0.15, 0.2) is 41.3 Å². The van der Waals surface area contributed by atoms with E-state index >= 15 is 0 Å². The minimum Gasteiger partial charge on any atom is -0.495 e. The Morgan fingerprint density at radius 3 is 2.64 bits per heavy atom. The van der Waals surface area contributed by atoms with E-state index in [1.54, 1.807) is 17.0 Å². The lowest BCUT2D eigenvalue weighted by molar-refractivity contribution is 0.0628. The van der Waals surface area contributed by atoms with Crippen LogP contribution in [-0.4, -0.2) is 70.1 Å². The molecule has 2 heterocycles. The quantitative estimate of drug-likeness (QED) is 0.665. The molecule has 2 fully saturated rings. The van der Waals surface area contributed by atoms with Gasteiger partial charge in [0.25, 0.3) is 5.91 Å². The summed E-state index contributed by atoms with van der Waals surface area (Å²) in [7, 11) is -2.31. The molecular formula is C24H29N3O5S. The van der Waals surface area contributed by atoms with Gasteiger partial charge in [-0.3, -0.25) is 9.69 Å². The molecule has 5 rings (SSSR count). The van der Waals surface area contributed by atoms with E-state index in [2.05, 4.69) is 21.8 Å². The van der Waals surface area contributed by atoms with E-state index in [0.717, 1.165) is 51.3 Å². The first-order valence-electron chi connectivity index (χ1n) is 11.4. The summed E-state index contributed by atoms with van der Waals surface area (Å²) >= 11 is 0. The zero-order valence-corrected chi connectivity index (χ0v) is 19.6. The average Bonchev–Trinajstić information content (AvgIpc) is 3.50. The van der Waals surface area contributed by atoms with E-state index in [1.807, 2.05) is 6.07 Å². The molecule has 3 aliphatic rings. The number of carbonyl (C=O) groups excluding carboxylic acids is 1. The molecular weight excluding hydrogens is 442 g/mol. The van der Waals surface area contributed by atoms with Crippen LogP contribution in [0.2, 0.25) is 0 Å². The number of fused-ring (bicyclic) bond motifs is 1. The number of amides is 1. The van der Waals surface area contributed by atoms with E-state index < -0.39 is 10.0 Å². The third-order valence-corrected chi connectivity index (χ3v) is 7.96. The molecule has 0 atom stereocenters. The second-order valence-electron chi connectivity index (χ2n) is 8.87. The predicted octanol–water partition coefficient (Wildman–Crippen LogP) is 2.03. The summed E-state index contributed by atoms with van der Waals surface area (Å²) in [6, 6.07) is 11.0. The third-order valence-electron chi connectivity index (χ3n) is 6.42. The molecule has 9 heteroatoms. The number of sulfonamides is 1. The highest BCUT2D eigenvalue weighted by atomic mass is 32.2. The molecule has 33 heavy (non-hydrogen) atoms. The molecule has 1 amide bonds. The van der Waals surface area contributed by atoms with Crippen molar-refractivity contribution in [2.24, 2.45) is 0 Å². The molecule has 0 radical (unpaired) electrons. The molecule has 2 aliphatic heterocycles. The Morgan fingerprint density at radius 2 is 1.91 bits per heavy atom. The number of hydrogen-bond donors (Lipinski definition) is 1. The van der Waals surface area contributed by atoms with Crippen LogP contribution in [0.1, 0.15) is 34.3 Å². The molecule has 1 aliphatic carbocycles. The Bertz CT molecular complexity index is 1150. The van der Waals surface area contributed by atoms with Gasteiger partial charge in [0.1, 0.15) is 16.4 Å². The Balaban J connectivity index is 1.24. The maximum atomic E-state index is 13.1. The Hall–Kier alpha value is -2.62. The van der Waals surface area contributed by atoms with Crippen molar-refractivity contribution >= 4 is 15.9 Å². The maximum Gasteiger partial charge on any atom is 0.253 e. The normalized spacial score (nSPS) is 18.6. The topological polar surface area (TPSA) is 88.2 Å². The summed E-state index contributed by atoms with van der Waals surface area (Å²) in [5.41, 5.74) is 2.88. The zero-order chi connectivity index (χ0) is 23.0. The van der Waals surface area contributed by atoms with E-state index in [9.17, 15) is 13.2 Å². The van der Waals surface area contributed by atoms with Gasteiger partial charge < -0.3 is 14.4 Å². The van der Waals surface area contributed by atoms with Crippen LogP contribution in [0.4, 0.5) is 0 Å². The average molecular weight is 472 g/mol. The highest BCUT2D eigenvalue weighted by Gasteiger charge is 2.31. The zero-order valence-electron chi connectivity index (χ0n) is 18.7. The van der Waals surface area contributed by atoms with Gasteiger partial charge in [0.2, 0.25) is 10.0 Å². The molecule has 0 spiro atoms. The van der Waals surface area contributed by atoms with Crippen molar-refractivity contribution in [3.8, 4) is 11.5 Å². The van der Waals surface area contributed by atoms with Crippen molar-refractivity contribution < 1.29 is 22.7 Å². The first-order valence-corrected chi connectivity index (χ1v) is 12.9. The van der Waals surface area contributed by atoms with Crippen molar-refractivity contribution in [2.75, 3.05) is 39.9 Å². The number of nitrogens with one attached hydrogen (secondary N) is 1. The lowest BCUT2D eigenvalue weighted by Crippen LogP contribution is -2.48. The van der Waals surface area contributed by atoms with E-state index in [4.69, 9.17) is 9.47 Å². The molecule has 1 saturated carbocycles. The van der Waals surface area contributed by atoms with E-state index in [-0.39, 0.29) is 22.6 Å². The van der Waals surface area contributed by atoms with Crippen molar-refractivity contribution in [2.45, 2.75) is 36.7 Å². The monoisotopic (exact) mass is 471 g/mol. The summed E-state index contributed by atoms with van der Waals surface area (Å²) in [4.78, 5) is 17.3. The van der Waals surface area contributed by atoms with Crippen LogP contribution in [-0.2, 0) is 23.0 Å². The predicted molar refractivity (Wildman–Crippen MR) is 123 cm³/mol. The highest BCUT2D eigenvalue weighted by molar-refractivity contribution is 7.89. The van der Waals surface area contributed by atoms with Gasteiger partial charge >= 0.3 is 0 Å². The molecule has 0 aromatic heterocycles. The van der Waals surface area contributed by atoms with E-state index in [1.165, 1.54) is 24.3 Å². The number of piperazine rings is 1. The molecule has 2 aromatic carbocycles. The maximum absolute atomic E-state index is 13.1. The Labute approximate surface area is 194 Å². The van der Waals surface area contributed by atoms with Gasteiger partial charge in [0.05, 0.1) is 13.7 Å². The lowest BCUT2D eigenvalue weighted by Gasteiger charge is -2.35. The fourth-order valence-corrected chi connectivity index (χ4v) is 5.89. The Kier molecular flexibility index (Phi) is 6.03. The second kappa shape index (κ2) is 8.96. The fraction of sp³-hybridized carbons (Fsp3) is 0.458. The first kappa shape index (κ1) is 22.2. The largest absolute Gasteiger partial charge is 0.495 e. The van der Waals surface area contributed by atoms with Crippen molar-refractivity contribution in [1.82, 2.24) is 14.5 Å². The van der Waals surface area contributed by atoms with Crippen LogP contribution >= 0.6 is 0 Å². The number of ether oxygens (including phenoxy) is 2. The van der Waals surface area contributed by atoms with Crippen LogP contribution in [0, 0.1) is 0 Å². The van der Waals surface area contributed by atoms with Crippen molar-refractivity contribution in [3.05, 3.63) is 53.1 Å². The number of carbonyl (C=O) groups is 1. The fourth-order valence-electron chi connectivity index (χ4n) is 4.39. The first-order chi connectivity index (χ1) is 15.9. The summed E-state index contributed by atoms with van der Waals surface area (Å²) in [6.07, 6.45) is 2.63. The highest BCUT2D eigenvalue weighted by Crippen LogP contribution is 2.29. The van der Waals surface area contributed by atoms with Crippen LogP contribution in [0.3, 0.4) is 0 Å². The smallest absolute Gasteiger partial charge is 0.253 e. The number of methoxy groups -OCH3 is 1. The number of benzene rings is 2. The molecule has 1 N–H and O–H groups in total. The number of hydrogen-bond acceptors (Lipinski definition) is 6. The minimum atomic E-state index is -3.74. The molecule has 8 nitrogen and oxygen atoms in total. The van der Waals surface area contributed by atoms with Gasteiger partial charge in [-0.05, 0) is 48.2 Å². The summed E-state index contributed by atoms with van der Waals surface area (Å²) in [5, 5.41) is 0. The lowest BCUT2D eigenvalue weighted by atomic mass is 10.1. The molecule has 1 saturated heterocycles. The van der Waals surface area contributed by atoms with Crippen LogP contribution < -0.4 is 14.2 Å².